The maximum absolute atomic E-state index is 13.6. The summed E-state index contributed by atoms with van der Waals surface area (Å²) in [6.07, 6.45) is 7.10. The van der Waals surface area contributed by atoms with Crippen molar-refractivity contribution in [2.45, 2.75) is 43.6 Å². The molecule has 36 heavy (non-hydrogen) atoms. The Morgan fingerprint density at radius 2 is 1.97 bits per heavy atom. The number of aryl methyl sites for hydroxylation is 2. The van der Waals surface area contributed by atoms with E-state index >= 15 is 0 Å². The van der Waals surface area contributed by atoms with Crippen molar-refractivity contribution in [2.75, 3.05) is 7.11 Å². The smallest absolute Gasteiger partial charge is 0.324 e. The molecule has 0 spiro atoms. The van der Waals surface area contributed by atoms with Crippen LogP contribution in [0, 0.1) is 19.8 Å². The van der Waals surface area contributed by atoms with Gasteiger partial charge < -0.3 is 4.55 Å². The van der Waals surface area contributed by atoms with Crippen LogP contribution in [-0.2, 0) is 43.3 Å². The van der Waals surface area contributed by atoms with E-state index in [1.807, 2.05) is 49.6 Å². The zero-order valence-electron chi connectivity index (χ0n) is 20.4. The van der Waals surface area contributed by atoms with E-state index in [9.17, 15) is 14.1 Å². The number of nitrogens with zero attached hydrogens (tertiary/aromatic N) is 3. The molecule has 2 amide bonds. The topological polar surface area (TPSA) is 87.5 Å². The van der Waals surface area contributed by atoms with Crippen molar-refractivity contribution in [3.63, 3.8) is 0 Å². The van der Waals surface area contributed by atoms with E-state index in [4.69, 9.17) is 16.4 Å². The average molecular weight is 524 g/mol. The summed E-state index contributed by atoms with van der Waals surface area (Å²) in [6, 6.07) is 9.28. The summed E-state index contributed by atoms with van der Waals surface area (Å²) in [4.78, 5) is 36.4. The SMILES string of the molecule is CCn1c([S+]([O-])Cc2ccc(C)c(C34C=CC=CC3C(=O)N(OC)C4=O)c2C)nc2ccc(Cl)cc21. The number of imide groups is 1. The third-order valence-electron chi connectivity index (χ3n) is 7.13. The number of fused-ring (bicyclic) bond motifs is 2. The zero-order valence-corrected chi connectivity index (χ0v) is 22.0. The summed E-state index contributed by atoms with van der Waals surface area (Å²) in [5.41, 5.74) is 3.65. The zero-order chi connectivity index (χ0) is 25.8. The number of amides is 2. The summed E-state index contributed by atoms with van der Waals surface area (Å²) >= 11 is 4.73. The number of carbonyl (C=O) groups excluding carboxylic acids is 2. The van der Waals surface area contributed by atoms with E-state index in [2.05, 4.69) is 4.98 Å². The first kappa shape index (κ1) is 24.8. The van der Waals surface area contributed by atoms with Crippen molar-refractivity contribution in [1.29, 1.82) is 0 Å². The molecule has 1 aliphatic carbocycles. The monoisotopic (exact) mass is 523 g/mol. The molecule has 1 fully saturated rings. The lowest BCUT2D eigenvalue weighted by Crippen LogP contribution is -2.40. The van der Waals surface area contributed by atoms with Gasteiger partial charge >= 0.3 is 5.16 Å². The highest BCUT2D eigenvalue weighted by molar-refractivity contribution is 7.90. The molecule has 1 aromatic heterocycles. The normalized spacial score (nSPS) is 22.1. The number of hydrogen-bond acceptors (Lipinski definition) is 5. The summed E-state index contributed by atoms with van der Waals surface area (Å²) in [5.74, 6) is -1.31. The van der Waals surface area contributed by atoms with Gasteiger partial charge in [-0.1, -0.05) is 48.0 Å². The van der Waals surface area contributed by atoms with Crippen LogP contribution >= 0.6 is 11.6 Å². The van der Waals surface area contributed by atoms with Gasteiger partial charge in [0.2, 0.25) is 0 Å². The molecule has 7 nitrogen and oxygen atoms in total. The molecule has 5 rings (SSSR count). The summed E-state index contributed by atoms with van der Waals surface area (Å²) in [7, 11) is 1.32. The lowest BCUT2D eigenvalue weighted by molar-refractivity contribution is -0.181. The van der Waals surface area contributed by atoms with Crippen molar-refractivity contribution in [1.82, 2.24) is 14.6 Å². The van der Waals surface area contributed by atoms with Crippen LogP contribution < -0.4 is 0 Å². The number of carbonyl (C=O) groups is 2. The van der Waals surface area contributed by atoms with Gasteiger partial charge in [0.1, 0.15) is 11.2 Å². The minimum atomic E-state index is -1.46. The van der Waals surface area contributed by atoms with Crippen molar-refractivity contribution in [3.05, 3.63) is 81.9 Å². The predicted octanol–water partition coefficient (Wildman–Crippen LogP) is 4.54. The Hall–Kier alpha value is -2.91. The van der Waals surface area contributed by atoms with Crippen molar-refractivity contribution < 1.29 is 19.0 Å². The van der Waals surface area contributed by atoms with Gasteiger partial charge in [-0.2, -0.15) is 10.0 Å². The second-order valence-corrected chi connectivity index (χ2v) is 10.8. The van der Waals surface area contributed by atoms with Gasteiger partial charge in [0.05, 0.1) is 24.1 Å². The number of imidazole rings is 1. The van der Waals surface area contributed by atoms with E-state index < -0.39 is 34.3 Å². The van der Waals surface area contributed by atoms with E-state index in [0.717, 1.165) is 38.4 Å². The fourth-order valence-corrected chi connectivity index (χ4v) is 7.04. The summed E-state index contributed by atoms with van der Waals surface area (Å²) in [5, 5.41) is 1.92. The van der Waals surface area contributed by atoms with Crippen LogP contribution in [-0.4, -0.2) is 38.1 Å². The molecule has 2 aromatic carbocycles. The Kier molecular flexibility index (Phi) is 6.32. The Morgan fingerprint density at radius 1 is 1.19 bits per heavy atom. The third kappa shape index (κ3) is 3.55. The highest BCUT2D eigenvalue weighted by Crippen LogP contribution is 2.48. The molecule has 0 bridgehead atoms. The van der Waals surface area contributed by atoms with Gasteiger partial charge in [-0.15, -0.1) is 0 Å². The lowest BCUT2D eigenvalue weighted by atomic mass is 9.66. The lowest BCUT2D eigenvalue weighted by Gasteiger charge is -2.32. The molecule has 0 N–H and O–H groups in total. The molecule has 3 atom stereocenters. The van der Waals surface area contributed by atoms with Crippen molar-refractivity contribution >= 4 is 45.6 Å². The van der Waals surface area contributed by atoms with Crippen LogP contribution in [0.5, 0.6) is 0 Å². The first-order chi connectivity index (χ1) is 17.2. The number of rotatable bonds is 6. The third-order valence-corrected chi connectivity index (χ3v) is 8.66. The molecule has 1 saturated heterocycles. The van der Waals surface area contributed by atoms with Crippen LogP contribution in [0.3, 0.4) is 0 Å². The number of aromatic nitrogens is 2. The fraction of sp³-hybridized carbons (Fsp3) is 0.296. The van der Waals surface area contributed by atoms with Gasteiger partial charge in [0, 0.05) is 28.3 Å². The maximum atomic E-state index is 13.6. The molecule has 3 unspecified atom stereocenters. The Balaban J connectivity index is 1.59. The highest BCUT2D eigenvalue weighted by atomic mass is 35.5. The number of hydrogen-bond donors (Lipinski definition) is 0. The first-order valence-corrected chi connectivity index (χ1v) is 13.4. The molecule has 1 aliphatic heterocycles. The first-order valence-electron chi connectivity index (χ1n) is 11.7. The molecule has 2 heterocycles. The van der Waals surface area contributed by atoms with Gasteiger partial charge in [0.15, 0.2) is 0 Å². The second-order valence-electron chi connectivity index (χ2n) is 9.01. The van der Waals surface area contributed by atoms with Gasteiger partial charge in [-0.05, 0) is 55.7 Å². The Morgan fingerprint density at radius 3 is 2.69 bits per heavy atom. The number of halogens is 1. The average Bonchev–Trinajstić information content (AvgIpc) is 3.33. The molecular formula is C27H26ClN3O4S. The molecule has 0 saturated carbocycles. The van der Waals surface area contributed by atoms with E-state index in [0.29, 0.717) is 16.7 Å². The molecule has 9 heteroatoms. The van der Waals surface area contributed by atoms with Crippen LogP contribution in [0.4, 0.5) is 0 Å². The largest absolute Gasteiger partial charge is 0.609 e. The van der Waals surface area contributed by atoms with Crippen LogP contribution in [0.1, 0.15) is 29.2 Å². The number of hydroxylamine groups is 2. The predicted molar refractivity (Wildman–Crippen MR) is 139 cm³/mol. The summed E-state index contributed by atoms with van der Waals surface area (Å²) < 4.78 is 15.6. The standard InChI is InChI=1S/C27H26ClN3O4S/c1-5-30-22-14-19(28)11-12-21(22)29-26(30)36(34)15-18-10-9-16(2)23(17(18)3)27-13-7-6-8-20(27)24(32)31(35-4)25(27)33/h6-14,20H,5,15H2,1-4H3. The maximum Gasteiger partial charge on any atom is 0.324 e. The van der Waals surface area contributed by atoms with Crippen molar-refractivity contribution in [3.8, 4) is 0 Å². The van der Waals surface area contributed by atoms with E-state index in [1.165, 1.54) is 7.11 Å². The molecule has 0 radical (unpaired) electrons. The number of benzene rings is 2. The highest BCUT2D eigenvalue weighted by Gasteiger charge is 2.60. The quantitative estimate of drug-likeness (QED) is 0.349. The second kappa shape index (κ2) is 9.19. The Bertz CT molecular complexity index is 1460. The van der Waals surface area contributed by atoms with Crippen molar-refractivity contribution in [2.24, 2.45) is 5.92 Å². The van der Waals surface area contributed by atoms with E-state index in [-0.39, 0.29) is 5.75 Å². The van der Waals surface area contributed by atoms with Gasteiger partial charge in [0.25, 0.3) is 11.8 Å². The Labute approximate surface area is 217 Å². The molecule has 2 aliphatic rings. The molecule has 3 aromatic rings. The molecule has 186 valence electrons. The minimum absolute atomic E-state index is 0.215. The minimum Gasteiger partial charge on any atom is -0.609 e. The van der Waals surface area contributed by atoms with Crippen LogP contribution in [0.25, 0.3) is 11.0 Å². The van der Waals surface area contributed by atoms with Gasteiger partial charge in [-0.25, -0.2) is 0 Å². The summed E-state index contributed by atoms with van der Waals surface area (Å²) in [6.45, 7) is 6.42. The number of allylic oxidation sites excluding steroid dienone is 2. The fourth-order valence-electron chi connectivity index (χ4n) is 5.47. The van der Waals surface area contributed by atoms with E-state index in [1.54, 1.807) is 30.4 Å². The molecular weight excluding hydrogens is 498 g/mol. The van der Waals surface area contributed by atoms with Crippen LogP contribution in [0.15, 0.2) is 59.8 Å². The van der Waals surface area contributed by atoms with Gasteiger partial charge in [-0.3, -0.25) is 19.0 Å². The van der Waals surface area contributed by atoms with Crippen LogP contribution in [0.2, 0.25) is 5.02 Å².